The minimum absolute atomic E-state index is 0.115. The molecule has 0 spiro atoms. The fourth-order valence-corrected chi connectivity index (χ4v) is 1.62. The number of hydrogen-bond donors (Lipinski definition) is 1. The lowest BCUT2D eigenvalue weighted by molar-refractivity contribution is 0.0942. The van der Waals surface area contributed by atoms with E-state index in [1.165, 1.54) is 19.4 Å². The van der Waals surface area contributed by atoms with Crippen molar-refractivity contribution in [3.8, 4) is 5.88 Å². The summed E-state index contributed by atoms with van der Waals surface area (Å²) in [5, 5.41) is 2.43. The summed E-state index contributed by atoms with van der Waals surface area (Å²) < 4.78 is 31.7. The summed E-state index contributed by atoms with van der Waals surface area (Å²) in [6.07, 6.45) is 1.51. The topological polar surface area (TPSA) is 51.2 Å². The molecule has 2 aromatic rings. The molecule has 0 fully saturated rings. The van der Waals surface area contributed by atoms with Gasteiger partial charge in [-0.2, -0.15) is 0 Å². The number of carbonyl (C=O) groups is 1. The van der Waals surface area contributed by atoms with Gasteiger partial charge in [-0.1, -0.05) is 12.1 Å². The van der Waals surface area contributed by atoms with Crippen molar-refractivity contribution in [2.75, 3.05) is 7.11 Å². The molecule has 4 nitrogen and oxygen atoms in total. The van der Waals surface area contributed by atoms with Gasteiger partial charge in [-0.05, 0) is 17.7 Å². The number of ether oxygens (including phenoxy) is 1. The fourth-order valence-electron chi connectivity index (χ4n) is 1.62. The Hall–Kier alpha value is -2.50. The molecule has 1 aromatic carbocycles. The standard InChI is InChI=1S/C14H12F2N2O2/c1-20-12-6-5-9(7-17-12)8-18-14(19)13-10(15)3-2-4-11(13)16/h2-7H,8H2,1H3,(H,18,19). The van der Waals surface area contributed by atoms with Gasteiger partial charge in [0.1, 0.15) is 17.2 Å². The van der Waals surface area contributed by atoms with Crippen molar-refractivity contribution >= 4 is 5.91 Å². The fraction of sp³-hybridized carbons (Fsp3) is 0.143. The molecule has 1 heterocycles. The predicted molar refractivity (Wildman–Crippen MR) is 68.3 cm³/mol. The zero-order chi connectivity index (χ0) is 14.5. The summed E-state index contributed by atoms with van der Waals surface area (Å²) in [5.74, 6) is -2.15. The normalized spacial score (nSPS) is 10.2. The Balaban J connectivity index is 2.05. The Bertz CT molecular complexity index is 595. The molecule has 0 atom stereocenters. The van der Waals surface area contributed by atoms with Crippen molar-refractivity contribution in [2.24, 2.45) is 0 Å². The number of hydrogen-bond acceptors (Lipinski definition) is 3. The van der Waals surface area contributed by atoms with Crippen molar-refractivity contribution in [2.45, 2.75) is 6.54 Å². The molecule has 2 rings (SSSR count). The van der Waals surface area contributed by atoms with Crippen LogP contribution in [0.15, 0.2) is 36.5 Å². The number of nitrogens with zero attached hydrogens (tertiary/aromatic N) is 1. The Morgan fingerprint density at radius 1 is 1.25 bits per heavy atom. The first-order valence-electron chi connectivity index (χ1n) is 5.83. The Labute approximate surface area is 114 Å². The molecule has 20 heavy (non-hydrogen) atoms. The highest BCUT2D eigenvalue weighted by atomic mass is 19.1. The van der Waals surface area contributed by atoms with Crippen molar-refractivity contribution in [1.29, 1.82) is 0 Å². The summed E-state index contributed by atoms with van der Waals surface area (Å²) in [5.41, 5.74) is 0.102. The van der Waals surface area contributed by atoms with Crippen LogP contribution in [-0.2, 0) is 6.54 Å². The van der Waals surface area contributed by atoms with Crippen LogP contribution in [-0.4, -0.2) is 18.0 Å². The van der Waals surface area contributed by atoms with E-state index in [4.69, 9.17) is 4.74 Å². The summed E-state index contributed by atoms with van der Waals surface area (Å²) in [7, 11) is 1.49. The van der Waals surface area contributed by atoms with Crippen LogP contribution >= 0.6 is 0 Å². The van der Waals surface area contributed by atoms with Gasteiger partial charge in [0.05, 0.1) is 7.11 Å². The first kappa shape index (κ1) is 13.9. The van der Waals surface area contributed by atoms with Crippen LogP contribution in [0.25, 0.3) is 0 Å². The van der Waals surface area contributed by atoms with Gasteiger partial charge in [0.25, 0.3) is 5.91 Å². The van der Waals surface area contributed by atoms with Gasteiger partial charge in [0.2, 0.25) is 5.88 Å². The van der Waals surface area contributed by atoms with Crippen LogP contribution in [0.5, 0.6) is 5.88 Å². The molecule has 0 saturated heterocycles. The second-order valence-electron chi connectivity index (χ2n) is 3.99. The molecular weight excluding hydrogens is 266 g/mol. The van der Waals surface area contributed by atoms with Gasteiger partial charge in [0, 0.05) is 18.8 Å². The van der Waals surface area contributed by atoms with Crippen LogP contribution in [0.1, 0.15) is 15.9 Å². The van der Waals surface area contributed by atoms with Crippen molar-refractivity contribution < 1.29 is 18.3 Å². The minimum Gasteiger partial charge on any atom is -0.481 e. The minimum atomic E-state index is -0.893. The largest absolute Gasteiger partial charge is 0.481 e. The van der Waals surface area contributed by atoms with E-state index in [0.29, 0.717) is 11.4 Å². The highest BCUT2D eigenvalue weighted by Crippen LogP contribution is 2.12. The first-order valence-corrected chi connectivity index (χ1v) is 5.83. The molecule has 1 aromatic heterocycles. The van der Waals surface area contributed by atoms with Gasteiger partial charge in [-0.25, -0.2) is 13.8 Å². The third-order valence-electron chi connectivity index (χ3n) is 2.65. The monoisotopic (exact) mass is 278 g/mol. The van der Waals surface area contributed by atoms with Crippen LogP contribution < -0.4 is 10.1 Å². The SMILES string of the molecule is COc1ccc(CNC(=O)c2c(F)cccc2F)cn1. The van der Waals surface area contributed by atoms with Gasteiger partial charge >= 0.3 is 0 Å². The van der Waals surface area contributed by atoms with Crippen molar-refractivity contribution in [1.82, 2.24) is 10.3 Å². The number of aromatic nitrogens is 1. The van der Waals surface area contributed by atoms with Gasteiger partial charge in [0.15, 0.2) is 0 Å². The highest BCUT2D eigenvalue weighted by molar-refractivity contribution is 5.94. The third-order valence-corrected chi connectivity index (χ3v) is 2.65. The number of methoxy groups -OCH3 is 1. The highest BCUT2D eigenvalue weighted by Gasteiger charge is 2.16. The van der Waals surface area contributed by atoms with Crippen LogP contribution in [0.4, 0.5) is 8.78 Å². The molecule has 6 heteroatoms. The zero-order valence-corrected chi connectivity index (χ0v) is 10.7. The van der Waals surface area contributed by atoms with E-state index in [-0.39, 0.29) is 6.54 Å². The lowest BCUT2D eigenvalue weighted by Gasteiger charge is -2.07. The van der Waals surface area contributed by atoms with Gasteiger partial charge in [-0.15, -0.1) is 0 Å². The average molecular weight is 278 g/mol. The summed E-state index contributed by atoms with van der Waals surface area (Å²) in [6.45, 7) is 0.115. The van der Waals surface area contributed by atoms with E-state index in [1.54, 1.807) is 12.1 Å². The predicted octanol–water partition coefficient (Wildman–Crippen LogP) is 2.30. The van der Waals surface area contributed by atoms with Gasteiger partial charge in [-0.3, -0.25) is 4.79 Å². The van der Waals surface area contributed by atoms with Crippen molar-refractivity contribution in [3.05, 3.63) is 59.3 Å². The van der Waals surface area contributed by atoms with Crippen LogP contribution in [0.3, 0.4) is 0 Å². The molecule has 0 aliphatic rings. The quantitative estimate of drug-likeness (QED) is 0.933. The number of nitrogens with one attached hydrogen (secondary N) is 1. The second-order valence-corrected chi connectivity index (χ2v) is 3.99. The zero-order valence-electron chi connectivity index (χ0n) is 10.7. The molecule has 0 unspecified atom stereocenters. The van der Waals surface area contributed by atoms with Gasteiger partial charge < -0.3 is 10.1 Å². The van der Waals surface area contributed by atoms with E-state index < -0.39 is 23.1 Å². The molecule has 0 saturated carbocycles. The van der Waals surface area contributed by atoms with E-state index in [0.717, 1.165) is 12.1 Å². The number of carbonyl (C=O) groups excluding carboxylic acids is 1. The smallest absolute Gasteiger partial charge is 0.257 e. The van der Waals surface area contributed by atoms with Crippen LogP contribution in [0, 0.1) is 11.6 Å². The number of benzene rings is 1. The summed E-state index contributed by atoms with van der Waals surface area (Å²) in [6, 6.07) is 6.60. The van der Waals surface area contributed by atoms with E-state index >= 15 is 0 Å². The first-order chi connectivity index (χ1) is 9.61. The molecule has 0 bridgehead atoms. The second kappa shape index (κ2) is 6.10. The summed E-state index contributed by atoms with van der Waals surface area (Å²) >= 11 is 0. The van der Waals surface area contributed by atoms with Crippen LogP contribution in [0.2, 0.25) is 0 Å². The Morgan fingerprint density at radius 3 is 2.50 bits per heavy atom. The molecule has 0 aliphatic carbocycles. The number of rotatable bonds is 4. The maximum Gasteiger partial charge on any atom is 0.257 e. The maximum atomic E-state index is 13.4. The van der Waals surface area contributed by atoms with E-state index in [9.17, 15) is 13.6 Å². The molecular formula is C14H12F2N2O2. The lowest BCUT2D eigenvalue weighted by Crippen LogP contribution is -2.25. The number of amides is 1. The molecule has 104 valence electrons. The number of halogens is 2. The maximum absolute atomic E-state index is 13.4. The summed E-state index contributed by atoms with van der Waals surface area (Å²) in [4.78, 5) is 15.7. The molecule has 0 aliphatic heterocycles. The van der Waals surface area contributed by atoms with E-state index in [2.05, 4.69) is 10.3 Å². The molecule has 0 radical (unpaired) electrons. The Morgan fingerprint density at radius 2 is 1.95 bits per heavy atom. The van der Waals surface area contributed by atoms with Crippen molar-refractivity contribution in [3.63, 3.8) is 0 Å². The molecule has 1 amide bonds. The Kier molecular flexibility index (Phi) is 4.24. The lowest BCUT2D eigenvalue weighted by atomic mass is 10.2. The number of pyridine rings is 1. The third kappa shape index (κ3) is 3.09. The molecule has 1 N–H and O–H groups in total. The average Bonchev–Trinajstić information content (AvgIpc) is 2.45. The van der Waals surface area contributed by atoms with E-state index in [1.807, 2.05) is 0 Å².